The van der Waals surface area contributed by atoms with Crippen LogP contribution in [0.1, 0.15) is 20.7 Å². The molecule has 2 aromatic carbocycles. The van der Waals surface area contributed by atoms with E-state index in [1.807, 2.05) is 0 Å². The first kappa shape index (κ1) is 18.4. The van der Waals surface area contributed by atoms with E-state index in [0.29, 0.717) is 43.0 Å². The first-order valence-corrected chi connectivity index (χ1v) is 8.44. The topological polar surface area (TPSA) is 95.7 Å². The van der Waals surface area contributed by atoms with Gasteiger partial charge in [0.2, 0.25) is 5.91 Å². The van der Waals surface area contributed by atoms with Gasteiger partial charge in [-0.3, -0.25) is 9.59 Å². The third kappa shape index (κ3) is 4.41. The van der Waals surface area contributed by atoms with E-state index >= 15 is 0 Å². The van der Waals surface area contributed by atoms with E-state index in [0.717, 1.165) is 0 Å². The van der Waals surface area contributed by atoms with Crippen LogP contribution >= 0.6 is 0 Å². The number of carbonyl (C=O) groups excluding carboxylic acids is 3. The van der Waals surface area contributed by atoms with E-state index in [1.165, 1.54) is 36.4 Å². The van der Waals surface area contributed by atoms with Gasteiger partial charge in [-0.1, -0.05) is 0 Å². The quantitative estimate of drug-likeness (QED) is 0.864. The zero-order valence-corrected chi connectivity index (χ0v) is 14.5. The standard InChI is InChI=1S/C19H19FN4O3/c20-15-5-7-16(8-6-15)22-19(27)24-11-9-23(10-12-24)18(26)14-3-1-13(2-4-14)17(21)25/h1-8H,9-12H2,(H2,21,25)(H,22,27). The Morgan fingerprint density at radius 1 is 0.815 bits per heavy atom. The van der Waals surface area contributed by atoms with E-state index in [-0.39, 0.29) is 17.8 Å². The monoisotopic (exact) mass is 370 g/mol. The van der Waals surface area contributed by atoms with Gasteiger partial charge in [0.05, 0.1) is 0 Å². The van der Waals surface area contributed by atoms with E-state index in [9.17, 15) is 18.8 Å². The highest BCUT2D eigenvalue weighted by Crippen LogP contribution is 2.13. The number of piperazine rings is 1. The maximum Gasteiger partial charge on any atom is 0.321 e. The van der Waals surface area contributed by atoms with Gasteiger partial charge in [-0.25, -0.2) is 9.18 Å². The summed E-state index contributed by atoms with van der Waals surface area (Å²) in [6.07, 6.45) is 0. The van der Waals surface area contributed by atoms with Gasteiger partial charge in [0.25, 0.3) is 5.91 Å². The van der Waals surface area contributed by atoms with Crippen molar-refractivity contribution in [1.82, 2.24) is 9.80 Å². The van der Waals surface area contributed by atoms with Crippen molar-refractivity contribution in [1.29, 1.82) is 0 Å². The van der Waals surface area contributed by atoms with Crippen LogP contribution in [0.5, 0.6) is 0 Å². The van der Waals surface area contributed by atoms with Gasteiger partial charge in [-0.2, -0.15) is 0 Å². The summed E-state index contributed by atoms with van der Waals surface area (Å²) in [6.45, 7) is 1.57. The number of urea groups is 1. The highest BCUT2D eigenvalue weighted by molar-refractivity contribution is 5.97. The lowest BCUT2D eigenvalue weighted by molar-refractivity contribution is 0.0671. The first-order valence-electron chi connectivity index (χ1n) is 8.44. The van der Waals surface area contributed by atoms with Crippen LogP contribution in [-0.2, 0) is 0 Å². The average molecular weight is 370 g/mol. The Morgan fingerprint density at radius 2 is 1.33 bits per heavy atom. The van der Waals surface area contributed by atoms with Crippen LogP contribution < -0.4 is 11.1 Å². The lowest BCUT2D eigenvalue weighted by Gasteiger charge is -2.34. The molecule has 0 atom stereocenters. The lowest BCUT2D eigenvalue weighted by atomic mass is 10.1. The third-order valence-electron chi connectivity index (χ3n) is 4.37. The van der Waals surface area contributed by atoms with Crippen molar-refractivity contribution < 1.29 is 18.8 Å². The fourth-order valence-electron chi connectivity index (χ4n) is 2.81. The van der Waals surface area contributed by atoms with Crippen LogP contribution in [0.2, 0.25) is 0 Å². The maximum absolute atomic E-state index is 12.9. The normalized spacial score (nSPS) is 14.0. The molecule has 3 rings (SSSR count). The fraction of sp³-hybridized carbons (Fsp3) is 0.211. The summed E-state index contributed by atoms with van der Waals surface area (Å²) in [4.78, 5) is 39.2. The summed E-state index contributed by atoms with van der Waals surface area (Å²) in [5, 5.41) is 2.70. The Hall–Kier alpha value is -3.42. The highest BCUT2D eigenvalue weighted by Gasteiger charge is 2.25. The molecule has 8 heteroatoms. The van der Waals surface area contributed by atoms with Crippen molar-refractivity contribution in [3.8, 4) is 0 Å². The number of halogens is 1. The first-order chi connectivity index (χ1) is 12.9. The van der Waals surface area contributed by atoms with Gasteiger partial charge in [0.1, 0.15) is 5.82 Å². The number of carbonyl (C=O) groups is 3. The van der Waals surface area contributed by atoms with Crippen molar-refractivity contribution in [2.75, 3.05) is 31.5 Å². The molecule has 2 aromatic rings. The van der Waals surface area contributed by atoms with Crippen LogP contribution in [0, 0.1) is 5.82 Å². The molecule has 0 bridgehead atoms. The third-order valence-corrected chi connectivity index (χ3v) is 4.37. The second-order valence-corrected chi connectivity index (χ2v) is 6.16. The fourth-order valence-corrected chi connectivity index (χ4v) is 2.81. The second-order valence-electron chi connectivity index (χ2n) is 6.16. The molecule has 4 amide bonds. The Bertz CT molecular complexity index is 844. The van der Waals surface area contributed by atoms with Gasteiger partial charge in [0.15, 0.2) is 0 Å². The molecule has 0 saturated carbocycles. The van der Waals surface area contributed by atoms with E-state index in [4.69, 9.17) is 5.73 Å². The number of anilines is 1. The summed E-state index contributed by atoms with van der Waals surface area (Å²) >= 11 is 0. The molecule has 1 saturated heterocycles. The van der Waals surface area contributed by atoms with Crippen molar-refractivity contribution in [3.05, 3.63) is 65.5 Å². The Labute approximate surface area is 155 Å². The SMILES string of the molecule is NC(=O)c1ccc(C(=O)N2CCN(C(=O)Nc3ccc(F)cc3)CC2)cc1. The molecule has 0 spiro atoms. The molecule has 27 heavy (non-hydrogen) atoms. The molecule has 1 aliphatic rings. The van der Waals surface area contributed by atoms with E-state index in [1.54, 1.807) is 21.9 Å². The van der Waals surface area contributed by atoms with Crippen molar-refractivity contribution >= 4 is 23.5 Å². The molecule has 140 valence electrons. The zero-order chi connectivity index (χ0) is 19.4. The highest BCUT2D eigenvalue weighted by atomic mass is 19.1. The minimum absolute atomic E-state index is 0.162. The number of hydrogen-bond acceptors (Lipinski definition) is 3. The van der Waals surface area contributed by atoms with Crippen LogP contribution in [0.15, 0.2) is 48.5 Å². The summed E-state index contributed by atoms with van der Waals surface area (Å²) in [5.41, 5.74) is 6.51. The van der Waals surface area contributed by atoms with Gasteiger partial charge in [-0.15, -0.1) is 0 Å². The molecule has 0 aliphatic carbocycles. The van der Waals surface area contributed by atoms with Crippen LogP contribution in [-0.4, -0.2) is 53.8 Å². The zero-order valence-electron chi connectivity index (χ0n) is 14.5. The lowest BCUT2D eigenvalue weighted by Crippen LogP contribution is -2.51. The summed E-state index contributed by atoms with van der Waals surface area (Å²) in [6, 6.07) is 11.4. The summed E-state index contributed by atoms with van der Waals surface area (Å²) in [5.74, 6) is -1.08. The number of benzene rings is 2. The molecular formula is C19H19FN4O3. The number of hydrogen-bond donors (Lipinski definition) is 2. The van der Waals surface area contributed by atoms with Gasteiger partial charge >= 0.3 is 6.03 Å². The number of nitrogens with two attached hydrogens (primary N) is 1. The van der Waals surface area contributed by atoms with Crippen LogP contribution in [0.25, 0.3) is 0 Å². The number of primary amides is 1. The minimum atomic E-state index is -0.546. The second kappa shape index (κ2) is 7.86. The molecule has 1 fully saturated rings. The minimum Gasteiger partial charge on any atom is -0.366 e. The van der Waals surface area contributed by atoms with E-state index in [2.05, 4.69) is 5.32 Å². The molecule has 3 N–H and O–H groups in total. The molecule has 7 nitrogen and oxygen atoms in total. The number of nitrogens with one attached hydrogen (secondary N) is 1. The molecule has 1 heterocycles. The predicted molar refractivity (Wildman–Crippen MR) is 97.9 cm³/mol. The number of nitrogens with zero attached hydrogens (tertiary/aromatic N) is 2. The largest absolute Gasteiger partial charge is 0.366 e. The molecule has 1 aliphatic heterocycles. The molecule has 0 aromatic heterocycles. The number of rotatable bonds is 3. The van der Waals surface area contributed by atoms with Crippen LogP contribution in [0.3, 0.4) is 0 Å². The van der Waals surface area contributed by atoms with Crippen LogP contribution in [0.4, 0.5) is 14.9 Å². The summed E-state index contributed by atoms with van der Waals surface area (Å²) < 4.78 is 12.9. The van der Waals surface area contributed by atoms with E-state index < -0.39 is 5.91 Å². The van der Waals surface area contributed by atoms with Gasteiger partial charge in [0, 0.05) is 43.0 Å². The summed E-state index contributed by atoms with van der Waals surface area (Å²) in [7, 11) is 0. The Kier molecular flexibility index (Phi) is 5.35. The Balaban J connectivity index is 1.54. The van der Waals surface area contributed by atoms with Gasteiger partial charge in [-0.05, 0) is 48.5 Å². The predicted octanol–water partition coefficient (Wildman–Crippen LogP) is 1.91. The maximum atomic E-state index is 12.9. The van der Waals surface area contributed by atoms with Gasteiger partial charge < -0.3 is 20.9 Å². The molecule has 0 unspecified atom stereocenters. The smallest absolute Gasteiger partial charge is 0.321 e. The molecule has 0 radical (unpaired) electrons. The number of amides is 4. The average Bonchev–Trinajstić information content (AvgIpc) is 2.69. The van der Waals surface area contributed by atoms with Crippen molar-refractivity contribution in [3.63, 3.8) is 0 Å². The molecular weight excluding hydrogens is 351 g/mol. The van der Waals surface area contributed by atoms with Crippen molar-refractivity contribution in [2.24, 2.45) is 5.73 Å². The van der Waals surface area contributed by atoms with Crippen molar-refractivity contribution in [2.45, 2.75) is 0 Å². The Morgan fingerprint density at radius 3 is 1.89 bits per heavy atom.